The number of aryl methyl sites for hydroxylation is 1. The van der Waals surface area contributed by atoms with E-state index >= 15 is 0 Å². The number of benzene rings is 2. The van der Waals surface area contributed by atoms with Gasteiger partial charge in [-0.05, 0) is 24.6 Å². The van der Waals surface area contributed by atoms with E-state index in [1.165, 1.54) is 29.5 Å². The molecule has 2 aromatic rings. The summed E-state index contributed by atoms with van der Waals surface area (Å²) in [5.74, 6) is 0.328. The summed E-state index contributed by atoms with van der Waals surface area (Å²) in [5.41, 5.74) is 2.33. The van der Waals surface area contributed by atoms with Crippen LogP contribution in [0.2, 0.25) is 0 Å². The van der Waals surface area contributed by atoms with Gasteiger partial charge in [-0.25, -0.2) is 0 Å². The van der Waals surface area contributed by atoms with E-state index in [9.17, 15) is 14.9 Å². The Balaban J connectivity index is 1.86. The van der Waals surface area contributed by atoms with Crippen LogP contribution in [0.3, 0.4) is 0 Å². The van der Waals surface area contributed by atoms with Crippen molar-refractivity contribution in [2.45, 2.75) is 18.4 Å². The van der Waals surface area contributed by atoms with Crippen LogP contribution in [0.4, 0.5) is 5.69 Å². The van der Waals surface area contributed by atoms with Crippen molar-refractivity contribution in [2.75, 3.05) is 12.8 Å². The molecule has 5 nitrogen and oxygen atoms in total. The third kappa shape index (κ3) is 5.10. The van der Waals surface area contributed by atoms with E-state index in [1.54, 1.807) is 24.1 Å². The number of nitro groups is 1. The van der Waals surface area contributed by atoms with E-state index < -0.39 is 4.92 Å². The molecular formula is C17H18N2O3S. The van der Waals surface area contributed by atoms with Crippen molar-refractivity contribution in [3.05, 3.63) is 69.8 Å². The van der Waals surface area contributed by atoms with E-state index in [0.29, 0.717) is 12.3 Å². The van der Waals surface area contributed by atoms with Crippen molar-refractivity contribution in [1.82, 2.24) is 4.90 Å². The third-order valence-electron chi connectivity index (χ3n) is 3.38. The number of hydrogen-bond acceptors (Lipinski definition) is 4. The standard InChI is InChI=1S/C17H18N2O3S/c1-13-3-5-14(6-4-13)11-18(2)17(20)12-23-16-9-7-15(8-10-16)19(21)22/h3-10H,11-12H2,1-2H3. The van der Waals surface area contributed by atoms with Crippen molar-refractivity contribution in [3.63, 3.8) is 0 Å². The molecule has 0 aliphatic heterocycles. The summed E-state index contributed by atoms with van der Waals surface area (Å²) in [6, 6.07) is 14.3. The lowest BCUT2D eigenvalue weighted by Gasteiger charge is -2.17. The maximum absolute atomic E-state index is 12.2. The van der Waals surface area contributed by atoms with E-state index in [2.05, 4.69) is 0 Å². The van der Waals surface area contributed by atoms with Gasteiger partial charge in [0.1, 0.15) is 0 Å². The lowest BCUT2D eigenvalue weighted by Crippen LogP contribution is -2.27. The van der Waals surface area contributed by atoms with Gasteiger partial charge in [0.05, 0.1) is 10.7 Å². The number of nitrogens with zero attached hydrogens (tertiary/aromatic N) is 2. The van der Waals surface area contributed by atoms with E-state index in [1.807, 2.05) is 31.2 Å². The van der Waals surface area contributed by atoms with E-state index in [0.717, 1.165) is 10.5 Å². The first kappa shape index (κ1) is 17.0. The SMILES string of the molecule is Cc1ccc(CN(C)C(=O)CSc2ccc([N+](=O)[O-])cc2)cc1. The number of carbonyl (C=O) groups excluding carboxylic acids is 1. The van der Waals surface area contributed by atoms with Gasteiger partial charge in [-0.1, -0.05) is 29.8 Å². The highest BCUT2D eigenvalue weighted by Crippen LogP contribution is 2.21. The maximum atomic E-state index is 12.2. The Morgan fingerprint density at radius 3 is 2.30 bits per heavy atom. The molecule has 2 rings (SSSR count). The summed E-state index contributed by atoms with van der Waals surface area (Å²) in [7, 11) is 1.78. The van der Waals surface area contributed by atoms with Gasteiger partial charge in [-0.2, -0.15) is 0 Å². The van der Waals surface area contributed by atoms with Crippen LogP contribution in [0.15, 0.2) is 53.4 Å². The fourth-order valence-electron chi connectivity index (χ4n) is 1.97. The average molecular weight is 330 g/mol. The third-order valence-corrected chi connectivity index (χ3v) is 4.37. The molecule has 0 aliphatic carbocycles. The highest BCUT2D eigenvalue weighted by Gasteiger charge is 2.11. The molecule has 0 unspecified atom stereocenters. The quantitative estimate of drug-likeness (QED) is 0.461. The molecule has 1 amide bonds. The number of carbonyl (C=O) groups is 1. The summed E-state index contributed by atoms with van der Waals surface area (Å²) in [6.45, 7) is 2.60. The Morgan fingerprint density at radius 2 is 1.74 bits per heavy atom. The maximum Gasteiger partial charge on any atom is 0.269 e. The highest BCUT2D eigenvalue weighted by molar-refractivity contribution is 8.00. The highest BCUT2D eigenvalue weighted by atomic mass is 32.2. The van der Waals surface area contributed by atoms with Crippen LogP contribution in [-0.4, -0.2) is 28.5 Å². The molecule has 2 aromatic carbocycles. The van der Waals surface area contributed by atoms with Gasteiger partial charge in [-0.15, -0.1) is 11.8 Å². The molecule has 6 heteroatoms. The van der Waals surface area contributed by atoms with Crippen LogP contribution in [0.5, 0.6) is 0 Å². The van der Waals surface area contributed by atoms with Gasteiger partial charge < -0.3 is 4.90 Å². The minimum absolute atomic E-state index is 0.0222. The Labute approximate surface area is 139 Å². The minimum Gasteiger partial charge on any atom is -0.341 e. The molecule has 0 atom stereocenters. The minimum atomic E-state index is -0.436. The molecule has 0 saturated carbocycles. The Morgan fingerprint density at radius 1 is 1.13 bits per heavy atom. The van der Waals surface area contributed by atoms with Gasteiger partial charge in [-0.3, -0.25) is 14.9 Å². The zero-order valence-corrected chi connectivity index (χ0v) is 13.9. The number of amides is 1. The number of hydrogen-bond donors (Lipinski definition) is 0. The van der Waals surface area contributed by atoms with Gasteiger partial charge >= 0.3 is 0 Å². The van der Waals surface area contributed by atoms with Crippen molar-refractivity contribution in [2.24, 2.45) is 0 Å². The van der Waals surface area contributed by atoms with Gasteiger partial charge in [0.2, 0.25) is 5.91 Å². The van der Waals surface area contributed by atoms with Crippen molar-refractivity contribution < 1.29 is 9.72 Å². The normalized spacial score (nSPS) is 10.3. The molecule has 0 aromatic heterocycles. The predicted octanol–water partition coefficient (Wildman–Crippen LogP) is 3.65. The number of non-ortho nitro benzene ring substituents is 1. The molecule has 0 bridgehead atoms. The second-order valence-electron chi connectivity index (χ2n) is 5.28. The van der Waals surface area contributed by atoms with Crippen molar-refractivity contribution in [3.8, 4) is 0 Å². The van der Waals surface area contributed by atoms with Crippen molar-refractivity contribution >= 4 is 23.4 Å². The molecule has 0 fully saturated rings. The Bertz CT molecular complexity index is 684. The van der Waals surface area contributed by atoms with Crippen LogP contribution in [-0.2, 0) is 11.3 Å². The van der Waals surface area contributed by atoms with Crippen LogP contribution in [0.1, 0.15) is 11.1 Å². The summed E-state index contributed by atoms with van der Waals surface area (Å²) in [5, 5.41) is 10.6. The summed E-state index contributed by atoms with van der Waals surface area (Å²) >= 11 is 1.38. The van der Waals surface area contributed by atoms with Crippen LogP contribution in [0, 0.1) is 17.0 Å². The van der Waals surface area contributed by atoms with E-state index in [-0.39, 0.29) is 11.6 Å². The molecule has 0 heterocycles. The molecule has 0 aliphatic rings. The van der Waals surface area contributed by atoms with Gasteiger partial charge in [0, 0.05) is 30.6 Å². The van der Waals surface area contributed by atoms with E-state index in [4.69, 9.17) is 0 Å². The fraction of sp³-hybridized carbons (Fsp3) is 0.235. The van der Waals surface area contributed by atoms with Gasteiger partial charge in [0.25, 0.3) is 5.69 Å². The average Bonchev–Trinajstić information content (AvgIpc) is 2.55. The second kappa shape index (κ2) is 7.78. The Hall–Kier alpha value is -2.34. The molecule has 120 valence electrons. The molecule has 0 N–H and O–H groups in total. The molecule has 23 heavy (non-hydrogen) atoms. The number of thioether (sulfide) groups is 1. The summed E-state index contributed by atoms with van der Waals surface area (Å²) in [4.78, 5) is 24.8. The van der Waals surface area contributed by atoms with Gasteiger partial charge in [0.15, 0.2) is 0 Å². The number of rotatable bonds is 6. The fourth-order valence-corrected chi connectivity index (χ4v) is 2.81. The topological polar surface area (TPSA) is 63.5 Å². The van der Waals surface area contributed by atoms with Crippen LogP contribution >= 0.6 is 11.8 Å². The molecule has 0 radical (unpaired) electrons. The monoisotopic (exact) mass is 330 g/mol. The number of nitro benzene ring substituents is 1. The molecule has 0 saturated heterocycles. The summed E-state index contributed by atoms with van der Waals surface area (Å²) in [6.07, 6.45) is 0. The zero-order valence-electron chi connectivity index (χ0n) is 13.1. The lowest BCUT2D eigenvalue weighted by atomic mass is 10.1. The van der Waals surface area contributed by atoms with Crippen LogP contribution < -0.4 is 0 Å². The largest absolute Gasteiger partial charge is 0.341 e. The smallest absolute Gasteiger partial charge is 0.269 e. The first-order valence-electron chi connectivity index (χ1n) is 7.12. The first-order chi connectivity index (χ1) is 11.0. The summed E-state index contributed by atoms with van der Waals surface area (Å²) < 4.78 is 0. The lowest BCUT2D eigenvalue weighted by molar-refractivity contribution is -0.384. The molecule has 0 spiro atoms. The zero-order chi connectivity index (χ0) is 16.8. The Kier molecular flexibility index (Phi) is 5.76. The van der Waals surface area contributed by atoms with Crippen molar-refractivity contribution in [1.29, 1.82) is 0 Å². The predicted molar refractivity (Wildman–Crippen MR) is 91.5 cm³/mol. The van der Waals surface area contributed by atoms with Crippen LogP contribution in [0.25, 0.3) is 0 Å². The molecular weight excluding hydrogens is 312 g/mol. The first-order valence-corrected chi connectivity index (χ1v) is 8.11. The second-order valence-corrected chi connectivity index (χ2v) is 6.32.